The second kappa shape index (κ2) is 5.14. The number of hydrogen-bond acceptors (Lipinski definition) is 4. The van der Waals surface area contributed by atoms with E-state index < -0.39 is 11.9 Å². The fourth-order valence-corrected chi connectivity index (χ4v) is 1.02. The smallest absolute Gasteiger partial charge is 0.341 e. The third kappa shape index (κ3) is 3.41. The molecule has 0 bridgehead atoms. The second-order valence-corrected chi connectivity index (χ2v) is 2.86. The average Bonchev–Trinajstić information content (AvgIpc) is 2.63. The van der Waals surface area contributed by atoms with Gasteiger partial charge >= 0.3 is 11.9 Å². The van der Waals surface area contributed by atoms with Crippen molar-refractivity contribution in [2.75, 3.05) is 6.61 Å². The van der Waals surface area contributed by atoms with Crippen LogP contribution in [0.5, 0.6) is 0 Å². The van der Waals surface area contributed by atoms with Crippen molar-refractivity contribution in [1.82, 2.24) is 9.78 Å². The van der Waals surface area contributed by atoms with E-state index >= 15 is 0 Å². The van der Waals surface area contributed by atoms with E-state index in [1.54, 1.807) is 6.92 Å². The molecule has 6 nitrogen and oxygen atoms in total. The fraction of sp³-hybridized carbons (Fsp3) is 0.444. The lowest BCUT2D eigenvalue weighted by Gasteiger charge is -1.97. The summed E-state index contributed by atoms with van der Waals surface area (Å²) in [6.07, 6.45) is 2.81. The molecule has 6 heteroatoms. The molecule has 0 aliphatic heterocycles. The first-order valence-corrected chi connectivity index (χ1v) is 4.55. The maximum atomic E-state index is 11.2. The van der Waals surface area contributed by atoms with Gasteiger partial charge in [0.2, 0.25) is 0 Å². The SMILES string of the molecule is CCOC(=O)c1cnn(CCC(=O)O)c1. The lowest BCUT2D eigenvalue weighted by atomic mass is 10.4. The molecular formula is C9H12N2O4. The summed E-state index contributed by atoms with van der Waals surface area (Å²) in [5, 5.41) is 12.3. The van der Waals surface area contributed by atoms with E-state index in [1.165, 1.54) is 17.1 Å². The highest BCUT2D eigenvalue weighted by atomic mass is 16.5. The third-order valence-corrected chi connectivity index (χ3v) is 1.70. The predicted molar refractivity (Wildman–Crippen MR) is 50.4 cm³/mol. The van der Waals surface area contributed by atoms with Crippen LogP contribution < -0.4 is 0 Å². The molecule has 0 saturated heterocycles. The average molecular weight is 212 g/mol. The van der Waals surface area contributed by atoms with Crippen molar-refractivity contribution in [1.29, 1.82) is 0 Å². The number of aliphatic carboxylic acids is 1. The van der Waals surface area contributed by atoms with Crippen molar-refractivity contribution in [2.45, 2.75) is 19.9 Å². The lowest BCUT2D eigenvalue weighted by Crippen LogP contribution is -2.05. The molecule has 1 N–H and O–H groups in total. The minimum absolute atomic E-state index is 0.0239. The molecule has 82 valence electrons. The van der Waals surface area contributed by atoms with Crippen molar-refractivity contribution in [2.24, 2.45) is 0 Å². The highest BCUT2D eigenvalue weighted by Gasteiger charge is 2.09. The molecule has 1 aromatic rings. The number of carboxylic acids is 1. The number of carboxylic acid groups (broad SMARTS) is 1. The van der Waals surface area contributed by atoms with Gasteiger partial charge in [0, 0.05) is 6.20 Å². The van der Waals surface area contributed by atoms with Crippen LogP contribution in [-0.4, -0.2) is 33.4 Å². The summed E-state index contributed by atoms with van der Waals surface area (Å²) in [5.41, 5.74) is 0.335. The number of nitrogens with zero attached hydrogens (tertiary/aromatic N) is 2. The van der Waals surface area contributed by atoms with E-state index in [2.05, 4.69) is 5.10 Å². The van der Waals surface area contributed by atoms with E-state index in [9.17, 15) is 9.59 Å². The highest BCUT2D eigenvalue weighted by Crippen LogP contribution is 2.01. The summed E-state index contributed by atoms with van der Waals surface area (Å²) >= 11 is 0. The predicted octanol–water partition coefficient (Wildman–Crippen LogP) is 0.534. The number of aromatic nitrogens is 2. The third-order valence-electron chi connectivity index (χ3n) is 1.70. The van der Waals surface area contributed by atoms with Gasteiger partial charge in [-0.15, -0.1) is 0 Å². The first kappa shape index (κ1) is 11.2. The van der Waals surface area contributed by atoms with Gasteiger partial charge in [-0.1, -0.05) is 0 Å². The van der Waals surface area contributed by atoms with Gasteiger partial charge in [0.1, 0.15) is 0 Å². The maximum Gasteiger partial charge on any atom is 0.341 e. The van der Waals surface area contributed by atoms with E-state index in [-0.39, 0.29) is 13.0 Å². The molecule has 0 atom stereocenters. The van der Waals surface area contributed by atoms with Crippen molar-refractivity contribution < 1.29 is 19.4 Å². The Bertz CT molecular complexity index is 359. The van der Waals surface area contributed by atoms with Gasteiger partial charge in [0.25, 0.3) is 0 Å². The van der Waals surface area contributed by atoms with Gasteiger partial charge in [-0.25, -0.2) is 4.79 Å². The standard InChI is InChI=1S/C9H12N2O4/c1-2-15-9(14)7-5-10-11(6-7)4-3-8(12)13/h5-6H,2-4H2,1H3,(H,12,13). The Morgan fingerprint density at radius 1 is 1.60 bits per heavy atom. The van der Waals surface area contributed by atoms with E-state index in [0.717, 1.165) is 0 Å². The summed E-state index contributed by atoms with van der Waals surface area (Å²) in [5.74, 6) is -1.35. The summed E-state index contributed by atoms with van der Waals surface area (Å²) < 4.78 is 6.16. The van der Waals surface area contributed by atoms with Gasteiger partial charge in [0.05, 0.1) is 31.3 Å². The molecule has 1 aromatic heterocycles. The number of carbonyl (C=O) groups excluding carboxylic acids is 1. The monoisotopic (exact) mass is 212 g/mol. The molecular weight excluding hydrogens is 200 g/mol. The van der Waals surface area contributed by atoms with Crippen LogP contribution in [0.25, 0.3) is 0 Å². The highest BCUT2D eigenvalue weighted by molar-refractivity contribution is 5.88. The van der Waals surface area contributed by atoms with Crippen molar-refractivity contribution in [3.05, 3.63) is 18.0 Å². The van der Waals surface area contributed by atoms with Gasteiger partial charge in [-0.05, 0) is 6.92 Å². The van der Waals surface area contributed by atoms with Crippen molar-refractivity contribution in [3.63, 3.8) is 0 Å². The number of hydrogen-bond donors (Lipinski definition) is 1. The molecule has 0 radical (unpaired) electrons. The molecule has 0 saturated carbocycles. The zero-order chi connectivity index (χ0) is 11.3. The molecule has 0 aliphatic rings. The van der Waals surface area contributed by atoms with Crippen LogP contribution >= 0.6 is 0 Å². The molecule has 0 amide bonds. The quantitative estimate of drug-likeness (QED) is 0.720. The molecule has 1 rings (SSSR count). The lowest BCUT2D eigenvalue weighted by molar-refractivity contribution is -0.137. The Labute approximate surface area is 86.5 Å². The summed E-state index contributed by atoms with van der Waals surface area (Å²) in [7, 11) is 0. The number of carbonyl (C=O) groups is 2. The molecule has 0 aliphatic carbocycles. The Hall–Kier alpha value is -1.85. The number of rotatable bonds is 5. The molecule has 0 aromatic carbocycles. The fourth-order valence-electron chi connectivity index (χ4n) is 1.02. The summed E-state index contributed by atoms with van der Waals surface area (Å²) in [4.78, 5) is 21.5. The molecule has 0 unspecified atom stereocenters. The minimum atomic E-state index is -0.900. The van der Waals surface area contributed by atoms with Crippen LogP contribution in [0, 0.1) is 0 Å². The number of esters is 1. The Morgan fingerprint density at radius 2 is 2.33 bits per heavy atom. The van der Waals surface area contributed by atoms with Crippen LogP contribution in [-0.2, 0) is 16.1 Å². The zero-order valence-corrected chi connectivity index (χ0v) is 8.34. The Kier molecular flexibility index (Phi) is 3.84. The summed E-state index contributed by atoms with van der Waals surface area (Å²) in [6.45, 7) is 2.26. The number of aryl methyl sites for hydroxylation is 1. The van der Waals surface area contributed by atoms with Crippen molar-refractivity contribution >= 4 is 11.9 Å². The normalized spacial score (nSPS) is 9.93. The first-order chi connectivity index (χ1) is 7.13. The van der Waals surface area contributed by atoms with Gasteiger partial charge in [-0.2, -0.15) is 5.10 Å². The van der Waals surface area contributed by atoms with Crippen LogP contribution in [0.2, 0.25) is 0 Å². The van der Waals surface area contributed by atoms with Crippen LogP contribution in [0.1, 0.15) is 23.7 Å². The summed E-state index contributed by atoms with van der Waals surface area (Å²) in [6, 6.07) is 0. The van der Waals surface area contributed by atoms with Crippen LogP contribution in [0.15, 0.2) is 12.4 Å². The van der Waals surface area contributed by atoms with Crippen LogP contribution in [0.4, 0.5) is 0 Å². The molecule has 15 heavy (non-hydrogen) atoms. The van der Waals surface area contributed by atoms with E-state index in [1.807, 2.05) is 0 Å². The first-order valence-electron chi connectivity index (χ1n) is 4.55. The topological polar surface area (TPSA) is 81.4 Å². The number of ether oxygens (including phenoxy) is 1. The van der Waals surface area contributed by atoms with Gasteiger partial charge in [-0.3, -0.25) is 9.48 Å². The largest absolute Gasteiger partial charge is 0.481 e. The molecule has 0 fully saturated rings. The maximum absolute atomic E-state index is 11.2. The van der Waals surface area contributed by atoms with Crippen LogP contribution in [0.3, 0.4) is 0 Å². The van der Waals surface area contributed by atoms with E-state index in [4.69, 9.17) is 9.84 Å². The second-order valence-electron chi connectivity index (χ2n) is 2.86. The van der Waals surface area contributed by atoms with Gasteiger partial charge < -0.3 is 9.84 Å². The van der Waals surface area contributed by atoms with Gasteiger partial charge in [0.15, 0.2) is 0 Å². The molecule has 1 heterocycles. The Morgan fingerprint density at radius 3 is 2.93 bits per heavy atom. The Balaban J connectivity index is 2.56. The van der Waals surface area contributed by atoms with E-state index in [0.29, 0.717) is 12.2 Å². The molecule has 0 spiro atoms. The van der Waals surface area contributed by atoms with Crippen molar-refractivity contribution in [3.8, 4) is 0 Å². The zero-order valence-electron chi connectivity index (χ0n) is 8.34. The minimum Gasteiger partial charge on any atom is -0.481 e.